The van der Waals surface area contributed by atoms with Crippen LogP contribution in [0.15, 0.2) is 36.4 Å². The van der Waals surface area contributed by atoms with Crippen LogP contribution in [0.3, 0.4) is 0 Å². The second-order valence-electron chi connectivity index (χ2n) is 6.97. The molecule has 5 heteroatoms. The van der Waals surface area contributed by atoms with Gasteiger partial charge < -0.3 is 4.74 Å². The fraction of sp³-hybridized carbons (Fsp3) is 0.455. The molecule has 0 amide bonds. The molecule has 0 aliphatic carbocycles. The van der Waals surface area contributed by atoms with E-state index in [4.69, 9.17) is 4.74 Å². The molecule has 0 aromatic heterocycles. The SMILES string of the molecule is CCC(COCC(CC)Cc1ccc(F)cc1F)Cc1ccc(F)cc1F. The van der Waals surface area contributed by atoms with Crippen LogP contribution in [0.2, 0.25) is 0 Å². The largest absolute Gasteiger partial charge is 0.381 e. The molecule has 0 N–H and O–H groups in total. The molecule has 27 heavy (non-hydrogen) atoms. The van der Waals surface area contributed by atoms with Gasteiger partial charge in [0.25, 0.3) is 0 Å². The summed E-state index contributed by atoms with van der Waals surface area (Å²) < 4.78 is 59.5. The maximum atomic E-state index is 13.8. The van der Waals surface area contributed by atoms with Crippen LogP contribution >= 0.6 is 0 Å². The zero-order valence-corrected chi connectivity index (χ0v) is 15.8. The first-order valence-electron chi connectivity index (χ1n) is 9.38. The van der Waals surface area contributed by atoms with E-state index in [0.717, 1.165) is 25.0 Å². The van der Waals surface area contributed by atoms with Crippen molar-refractivity contribution in [3.8, 4) is 0 Å². The molecule has 2 aromatic carbocycles. The first-order chi connectivity index (χ1) is 12.9. The summed E-state index contributed by atoms with van der Waals surface area (Å²) in [6, 6.07) is 7.26. The Morgan fingerprint density at radius 1 is 0.704 bits per heavy atom. The van der Waals surface area contributed by atoms with E-state index in [2.05, 4.69) is 0 Å². The maximum Gasteiger partial charge on any atom is 0.129 e. The predicted molar refractivity (Wildman–Crippen MR) is 98.5 cm³/mol. The predicted octanol–water partition coefficient (Wildman–Crippen LogP) is 6.10. The molecule has 2 aromatic rings. The molecule has 0 heterocycles. The van der Waals surface area contributed by atoms with Crippen molar-refractivity contribution in [2.24, 2.45) is 11.8 Å². The van der Waals surface area contributed by atoms with Gasteiger partial charge in [0.05, 0.1) is 0 Å². The van der Waals surface area contributed by atoms with Gasteiger partial charge in [-0.15, -0.1) is 0 Å². The molecule has 0 aliphatic rings. The van der Waals surface area contributed by atoms with E-state index < -0.39 is 23.3 Å². The lowest BCUT2D eigenvalue weighted by Gasteiger charge is -2.19. The zero-order valence-electron chi connectivity index (χ0n) is 15.8. The molecule has 0 bridgehead atoms. The van der Waals surface area contributed by atoms with Crippen LogP contribution in [0, 0.1) is 35.1 Å². The Balaban J connectivity index is 1.85. The Kier molecular flexibility index (Phi) is 8.29. The van der Waals surface area contributed by atoms with Gasteiger partial charge in [0, 0.05) is 25.3 Å². The Labute approximate surface area is 158 Å². The smallest absolute Gasteiger partial charge is 0.129 e. The number of halogens is 4. The molecule has 2 rings (SSSR count). The maximum absolute atomic E-state index is 13.8. The summed E-state index contributed by atoms with van der Waals surface area (Å²) in [5, 5.41) is 0. The van der Waals surface area contributed by atoms with Gasteiger partial charge in [-0.3, -0.25) is 0 Å². The van der Waals surface area contributed by atoms with Crippen molar-refractivity contribution in [3.63, 3.8) is 0 Å². The molecule has 0 saturated carbocycles. The molecule has 0 fully saturated rings. The Hall–Kier alpha value is -1.88. The quantitative estimate of drug-likeness (QED) is 0.451. The molecule has 2 unspecified atom stereocenters. The Bertz CT molecular complexity index is 671. The van der Waals surface area contributed by atoms with Crippen molar-refractivity contribution >= 4 is 0 Å². The van der Waals surface area contributed by atoms with Gasteiger partial charge >= 0.3 is 0 Å². The molecule has 0 radical (unpaired) electrons. The summed E-state index contributed by atoms with van der Waals surface area (Å²) in [5.74, 6) is -2.01. The third-order valence-corrected chi connectivity index (χ3v) is 4.91. The van der Waals surface area contributed by atoms with Crippen LogP contribution in [0.1, 0.15) is 37.8 Å². The molecule has 0 saturated heterocycles. The minimum Gasteiger partial charge on any atom is -0.381 e. The summed E-state index contributed by atoms with van der Waals surface area (Å²) in [6.07, 6.45) is 2.57. The first kappa shape index (κ1) is 21.4. The number of hydrogen-bond acceptors (Lipinski definition) is 1. The van der Waals surface area contributed by atoms with Crippen molar-refractivity contribution < 1.29 is 22.3 Å². The number of ether oxygens (including phenoxy) is 1. The monoisotopic (exact) mass is 382 g/mol. The van der Waals surface area contributed by atoms with Gasteiger partial charge in [-0.1, -0.05) is 38.8 Å². The molecular weight excluding hydrogens is 356 g/mol. The van der Waals surface area contributed by atoms with E-state index in [1.54, 1.807) is 0 Å². The average Bonchev–Trinajstić information content (AvgIpc) is 2.63. The van der Waals surface area contributed by atoms with Gasteiger partial charge in [-0.2, -0.15) is 0 Å². The van der Waals surface area contributed by atoms with E-state index in [9.17, 15) is 17.6 Å². The molecule has 148 valence electrons. The summed E-state index contributed by atoms with van der Waals surface area (Å²) in [6.45, 7) is 4.91. The lowest BCUT2D eigenvalue weighted by atomic mass is 9.96. The molecule has 1 nitrogen and oxygen atoms in total. The highest BCUT2D eigenvalue weighted by Gasteiger charge is 2.15. The Morgan fingerprint density at radius 2 is 1.11 bits per heavy atom. The van der Waals surface area contributed by atoms with E-state index in [0.29, 0.717) is 37.2 Å². The second kappa shape index (κ2) is 10.5. The number of benzene rings is 2. The van der Waals surface area contributed by atoms with Gasteiger partial charge in [0.1, 0.15) is 23.3 Å². The fourth-order valence-corrected chi connectivity index (χ4v) is 3.04. The van der Waals surface area contributed by atoms with E-state index in [1.807, 2.05) is 13.8 Å². The van der Waals surface area contributed by atoms with Gasteiger partial charge in [0.2, 0.25) is 0 Å². The first-order valence-corrected chi connectivity index (χ1v) is 9.38. The van der Waals surface area contributed by atoms with Gasteiger partial charge in [0.15, 0.2) is 0 Å². The highest BCUT2D eigenvalue weighted by molar-refractivity contribution is 5.20. The number of hydrogen-bond donors (Lipinski definition) is 0. The second-order valence-corrected chi connectivity index (χ2v) is 6.97. The van der Waals surface area contributed by atoms with Crippen LogP contribution in [-0.4, -0.2) is 13.2 Å². The van der Waals surface area contributed by atoms with E-state index >= 15 is 0 Å². The highest BCUT2D eigenvalue weighted by atomic mass is 19.1. The molecule has 0 spiro atoms. The standard InChI is InChI=1S/C22H26F4O/c1-3-15(9-17-5-7-19(23)11-21(17)25)13-27-14-16(4-2)10-18-6-8-20(24)12-22(18)26/h5-8,11-12,15-16H,3-4,9-10,13-14H2,1-2H3. The molecular formula is C22H26F4O. The van der Waals surface area contributed by atoms with E-state index in [-0.39, 0.29) is 11.8 Å². The van der Waals surface area contributed by atoms with Crippen LogP contribution in [0.5, 0.6) is 0 Å². The van der Waals surface area contributed by atoms with Crippen molar-refractivity contribution in [1.82, 2.24) is 0 Å². The van der Waals surface area contributed by atoms with Crippen molar-refractivity contribution in [2.75, 3.05) is 13.2 Å². The van der Waals surface area contributed by atoms with Crippen LogP contribution in [0.4, 0.5) is 17.6 Å². The summed E-state index contributed by atoms with van der Waals surface area (Å²) in [7, 11) is 0. The van der Waals surface area contributed by atoms with Crippen LogP contribution < -0.4 is 0 Å². The fourth-order valence-electron chi connectivity index (χ4n) is 3.04. The summed E-state index contributed by atoms with van der Waals surface area (Å²) in [4.78, 5) is 0. The van der Waals surface area contributed by atoms with Crippen LogP contribution in [0.25, 0.3) is 0 Å². The van der Waals surface area contributed by atoms with Crippen LogP contribution in [-0.2, 0) is 17.6 Å². The van der Waals surface area contributed by atoms with Crippen molar-refractivity contribution in [1.29, 1.82) is 0 Å². The van der Waals surface area contributed by atoms with Gasteiger partial charge in [-0.05, 0) is 47.9 Å². The van der Waals surface area contributed by atoms with E-state index in [1.165, 1.54) is 24.3 Å². The summed E-state index contributed by atoms with van der Waals surface area (Å²) in [5.41, 5.74) is 0.958. The number of rotatable bonds is 10. The minimum atomic E-state index is -0.584. The minimum absolute atomic E-state index is 0.116. The lowest BCUT2D eigenvalue weighted by molar-refractivity contribution is 0.0684. The molecule has 0 aliphatic heterocycles. The third-order valence-electron chi connectivity index (χ3n) is 4.91. The average molecular weight is 382 g/mol. The normalized spacial score (nSPS) is 13.6. The summed E-state index contributed by atoms with van der Waals surface area (Å²) >= 11 is 0. The van der Waals surface area contributed by atoms with Gasteiger partial charge in [-0.25, -0.2) is 17.6 Å². The van der Waals surface area contributed by atoms with Crippen molar-refractivity contribution in [2.45, 2.75) is 39.5 Å². The highest BCUT2D eigenvalue weighted by Crippen LogP contribution is 2.20. The van der Waals surface area contributed by atoms with Crippen molar-refractivity contribution in [3.05, 3.63) is 70.8 Å². The zero-order chi connectivity index (χ0) is 19.8. The topological polar surface area (TPSA) is 9.23 Å². The third kappa shape index (κ3) is 6.65. The Morgan fingerprint density at radius 3 is 1.44 bits per heavy atom. The molecule has 2 atom stereocenters. The lowest BCUT2D eigenvalue weighted by Crippen LogP contribution is -2.18.